The van der Waals surface area contributed by atoms with Crippen LogP contribution in [0.25, 0.3) is 0 Å². The van der Waals surface area contributed by atoms with Crippen molar-refractivity contribution in [3.8, 4) is 0 Å². The van der Waals surface area contributed by atoms with Gasteiger partial charge >= 0.3 is 0 Å². The molecule has 0 aromatic carbocycles. The molecular weight excluding hydrogens is 286 g/mol. The lowest BCUT2D eigenvalue weighted by Crippen LogP contribution is -2.16. The van der Waals surface area contributed by atoms with Crippen molar-refractivity contribution in [3.63, 3.8) is 0 Å². The minimum Gasteiger partial charge on any atom is -0.382 e. The Bertz CT molecular complexity index is 560. The Morgan fingerprint density at radius 1 is 1.42 bits per heavy atom. The Balaban J connectivity index is 1.78. The number of hydrogen-bond acceptors (Lipinski definition) is 7. The molecule has 1 saturated heterocycles. The number of nitrogens with zero attached hydrogens (tertiary/aromatic N) is 1. The highest BCUT2D eigenvalue weighted by molar-refractivity contribution is 7.92. The van der Waals surface area contributed by atoms with Gasteiger partial charge in [0.05, 0.1) is 11.9 Å². The molecule has 0 spiro atoms. The van der Waals surface area contributed by atoms with Crippen LogP contribution in [0, 0.1) is 5.92 Å². The zero-order chi connectivity index (χ0) is 13.5. The molecule has 0 bridgehead atoms. The number of anilines is 2. The molecule has 19 heavy (non-hydrogen) atoms. The summed E-state index contributed by atoms with van der Waals surface area (Å²) >= 11 is 1.13. The summed E-state index contributed by atoms with van der Waals surface area (Å²) in [5.41, 5.74) is 5.73. The van der Waals surface area contributed by atoms with Gasteiger partial charge in [-0.3, -0.25) is 0 Å². The fourth-order valence-corrected chi connectivity index (χ4v) is 5.10. The molecule has 1 aromatic rings. The predicted molar refractivity (Wildman–Crippen MR) is 74.1 cm³/mol. The SMILES string of the molecule is Nc1nsc(NCC2CCOC2)c1S(=O)(=O)C1CC1. The van der Waals surface area contributed by atoms with E-state index in [1.54, 1.807) is 0 Å². The standard InChI is InChI=1S/C11H17N3O3S2/c12-10-9(19(15,16)8-1-2-8)11(18-14-10)13-5-7-3-4-17-6-7/h7-8,13H,1-6H2,(H2,12,14). The highest BCUT2D eigenvalue weighted by Crippen LogP contribution is 2.41. The molecule has 1 aromatic heterocycles. The van der Waals surface area contributed by atoms with Gasteiger partial charge in [0.2, 0.25) is 0 Å². The van der Waals surface area contributed by atoms with Gasteiger partial charge in [-0.25, -0.2) is 8.42 Å². The summed E-state index contributed by atoms with van der Waals surface area (Å²) in [5, 5.41) is 3.50. The third-order valence-corrected chi connectivity index (χ3v) is 6.78. The Morgan fingerprint density at radius 3 is 2.84 bits per heavy atom. The molecule has 2 aliphatic rings. The van der Waals surface area contributed by atoms with E-state index < -0.39 is 9.84 Å². The van der Waals surface area contributed by atoms with Gasteiger partial charge in [0, 0.05) is 19.1 Å². The molecule has 106 valence electrons. The molecule has 1 unspecified atom stereocenters. The Hall–Kier alpha value is -0.860. The van der Waals surface area contributed by atoms with E-state index in [9.17, 15) is 8.42 Å². The van der Waals surface area contributed by atoms with Crippen LogP contribution in [0.2, 0.25) is 0 Å². The van der Waals surface area contributed by atoms with Gasteiger partial charge in [-0.1, -0.05) is 0 Å². The van der Waals surface area contributed by atoms with E-state index in [0.29, 0.717) is 17.5 Å². The minimum absolute atomic E-state index is 0.127. The highest BCUT2D eigenvalue weighted by Gasteiger charge is 2.40. The van der Waals surface area contributed by atoms with Crippen LogP contribution in [0.1, 0.15) is 19.3 Å². The molecule has 1 saturated carbocycles. The average molecular weight is 303 g/mol. The summed E-state index contributed by atoms with van der Waals surface area (Å²) in [6, 6.07) is 0. The Morgan fingerprint density at radius 2 is 2.21 bits per heavy atom. The lowest BCUT2D eigenvalue weighted by Gasteiger charge is -2.10. The maximum atomic E-state index is 12.3. The molecule has 1 atom stereocenters. The van der Waals surface area contributed by atoms with Gasteiger partial charge in [-0.2, -0.15) is 4.37 Å². The van der Waals surface area contributed by atoms with Crippen molar-refractivity contribution in [2.45, 2.75) is 29.4 Å². The van der Waals surface area contributed by atoms with Crippen LogP contribution in [0.3, 0.4) is 0 Å². The molecule has 3 N–H and O–H groups in total. The summed E-state index contributed by atoms with van der Waals surface area (Å²) in [6.07, 6.45) is 2.47. The molecule has 2 heterocycles. The topological polar surface area (TPSA) is 94.3 Å². The van der Waals surface area contributed by atoms with E-state index in [2.05, 4.69) is 9.69 Å². The highest BCUT2D eigenvalue weighted by atomic mass is 32.2. The number of ether oxygens (including phenoxy) is 1. The van der Waals surface area contributed by atoms with Gasteiger partial charge in [0.25, 0.3) is 0 Å². The molecular formula is C11H17N3O3S2. The van der Waals surface area contributed by atoms with Crippen molar-refractivity contribution in [1.29, 1.82) is 0 Å². The van der Waals surface area contributed by atoms with Crippen LogP contribution in [-0.4, -0.2) is 37.8 Å². The first-order valence-electron chi connectivity index (χ1n) is 6.39. The first kappa shape index (κ1) is 13.1. The van der Waals surface area contributed by atoms with Crippen LogP contribution >= 0.6 is 11.5 Å². The van der Waals surface area contributed by atoms with Gasteiger partial charge in [0.15, 0.2) is 15.7 Å². The second-order valence-electron chi connectivity index (χ2n) is 5.08. The molecule has 6 nitrogen and oxygen atoms in total. The van der Waals surface area contributed by atoms with Gasteiger partial charge in [0.1, 0.15) is 9.90 Å². The fraction of sp³-hybridized carbons (Fsp3) is 0.727. The van der Waals surface area contributed by atoms with E-state index in [4.69, 9.17) is 10.5 Å². The quantitative estimate of drug-likeness (QED) is 0.846. The number of nitrogen functional groups attached to an aromatic ring is 1. The van der Waals surface area contributed by atoms with Crippen molar-refractivity contribution in [1.82, 2.24) is 4.37 Å². The smallest absolute Gasteiger partial charge is 0.187 e. The molecule has 0 radical (unpaired) electrons. The summed E-state index contributed by atoms with van der Waals surface area (Å²) in [5.74, 6) is 0.557. The summed E-state index contributed by atoms with van der Waals surface area (Å²) < 4.78 is 33.9. The largest absolute Gasteiger partial charge is 0.382 e. The monoisotopic (exact) mass is 303 g/mol. The van der Waals surface area contributed by atoms with Crippen LogP contribution in [0.15, 0.2) is 4.90 Å². The average Bonchev–Trinajstić information content (AvgIpc) is 2.99. The molecule has 3 rings (SSSR count). The van der Waals surface area contributed by atoms with E-state index >= 15 is 0 Å². The Kier molecular flexibility index (Phi) is 3.40. The summed E-state index contributed by atoms with van der Waals surface area (Å²) in [7, 11) is -3.30. The van der Waals surface area contributed by atoms with Crippen LogP contribution in [0.4, 0.5) is 10.8 Å². The van der Waals surface area contributed by atoms with Crippen molar-refractivity contribution in [2.24, 2.45) is 5.92 Å². The van der Waals surface area contributed by atoms with Crippen molar-refractivity contribution in [3.05, 3.63) is 0 Å². The molecule has 0 amide bonds. The van der Waals surface area contributed by atoms with E-state index in [1.165, 1.54) is 0 Å². The van der Waals surface area contributed by atoms with Crippen LogP contribution < -0.4 is 11.1 Å². The van der Waals surface area contributed by atoms with Crippen LogP contribution in [0.5, 0.6) is 0 Å². The second-order valence-corrected chi connectivity index (χ2v) is 8.02. The maximum absolute atomic E-state index is 12.3. The number of nitrogens with one attached hydrogen (secondary N) is 1. The number of sulfone groups is 1. The lowest BCUT2D eigenvalue weighted by atomic mass is 10.1. The summed E-state index contributed by atoms with van der Waals surface area (Å²) in [4.78, 5) is 0.207. The van der Waals surface area contributed by atoms with E-state index in [-0.39, 0.29) is 16.0 Å². The molecule has 1 aliphatic heterocycles. The molecule has 8 heteroatoms. The first-order chi connectivity index (χ1) is 9.09. The van der Waals surface area contributed by atoms with Gasteiger partial charge in [-0.15, -0.1) is 0 Å². The zero-order valence-electron chi connectivity index (χ0n) is 10.5. The summed E-state index contributed by atoms with van der Waals surface area (Å²) in [6.45, 7) is 2.21. The van der Waals surface area contributed by atoms with E-state index in [1.807, 2.05) is 0 Å². The molecule has 1 aliphatic carbocycles. The number of hydrogen-bond donors (Lipinski definition) is 2. The molecule has 2 fully saturated rings. The first-order valence-corrected chi connectivity index (χ1v) is 8.71. The Labute approximate surface area is 116 Å². The predicted octanol–water partition coefficient (Wildman–Crippen LogP) is 1.11. The third kappa shape index (κ3) is 2.56. The van der Waals surface area contributed by atoms with Crippen molar-refractivity contribution in [2.75, 3.05) is 30.8 Å². The number of rotatable bonds is 5. The zero-order valence-corrected chi connectivity index (χ0v) is 12.1. The lowest BCUT2D eigenvalue weighted by molar-refractivity contribution is 0.187. The minimum atomic E-state index is -3.30. The van der Waals surface area contributed by atoms with Gasteiger partial charge < -0.3 is 15.8 Å². The normalized spacial score (nSPS) is 23.7. The van der Waals surface area contributed by atoms with Crippen molar-refractivity contribution >= 4 is 32.2 Å². The number of nitrogens with two attached hydrogens (primary N) is 1. The third-order valence-electron chi connectivity index (χ3n) is 3.50. The van der Waals surface area contributed by atoms with Crippen LogP contribution in [-0.2, 0) is 14.6 Å². The number of aromatic nitrogens is 1. The van der Waals surface area contributed by atoms with Gasteiger partial charge in [-0.05, 0) is 30.8 Å². The maximum Gasteiger partial charge on any atom is 0.187 e. The fourth-order valence-electron chi connectivity index (χ4n) is 2.21. The second kappa shape index (κ2) is 4.92. The van der Waals surface area contributed by atoms with E-state index in [0.717, 1.165) is 44.0 Å². The van der Waals surface area contributed by atoms with Crippen molar-refractivity contribution < 1.29 is 13.2 Å².